The molecular weight excluding hydrogens is 813 g/mol. The molecule has 63 heavy (non-hydrogen) atoms. The summed E-state index contributed by atoms with van der Waals surface area (Å²) in [6.45, 7) is 7.50. The van der Waals surface area contributed by atoms with E-state index in [4.69, 9.17) is 14.9 Å². The van der Waals surface area contributed by atoms with E-state index in [1.807, 2.05) is 21.9 Å². The summed E-state index contributed by atoms with van der Waals surface area (Å²) in [6, 6.07) is 10.4. The number of rotatable bonds is 15. The van der Waals surface area contributed by atoms with E-state index in [0.717, 1.165) is 29.0 Å². The summed E-state index contributed by atoms with van der Waals surface area (Å²) in [7, 11) is 0. The van der Waals surface area contributed by atoms with Gasteiger partial charge in [0.2, 0.25) is 23.6 Å². The van der Waals surface area contributed by atoms with E-state index in [9.17, 15) is 33.6 Å². The zero-order valence-electron chi connectivity index (χ0n) is 35.3. The van der Waals surface area contributed by atoms with Crippen molar-refractivity contribution in [2.75, 3.05) is 92.5 Å². The van der Waals surface area contributed by atoms with Crippen molar-refractivity contribution in [2.24, 2.45) is 11.7 Å². The average Bonchev–Trinajstić information content (AvgIpc) is 3.89. The summed E-state index contributed by atoms with van der Waals surface area (Å²) in [5.41, 5.74) is 9.33. The number of piperazine rings is 1. The Morgan fingerprint density at radius 3 is 2.37 bits per heavy atom. The number of nitrogens with zero attached hydrogens (tertiary/aromatic N) is 6. The van der Waals surface area contributed by atoms with Crippen LogP contribution in [0, 0.1) is 5.92 Å². The summed E-state index contributed by atoms with van der Waals surface area (Å²) in [6.07, 6.45) is 5.44. The molecule has 0 aliphatic carbocycles. The molecule has 0 radical (unpaired) electrons. The molecule has 1 atom stereocenters. The molecule has 1 unspecified atom stereocenters. The third-order valence-corrected chi connectivity index (χ3v) is 12.5. The Labute approximate surface area is 364 Å². The second-order valence-electron chi connectivity index (χ2n) is 16.7. The molecule has 5 aliphatic heterocycles. The van der Waals surface area contributed by atoms with Crippen LogP contribution in [-0.2, 0) is 30.5 Å². The molecule has 1 aromatic heterocycles. The molecule has 8 rings (SSSR count). The van der Waals surface area contributed by atoms with Gasteiger partial charge in [-0.2, -0.15) is 4.98 Å². The number of hydrogen-bond acceptors (Lipinski definition) is 14. The van der Waals surface area contributed by atoms with Crippen molar-refractivity contribution < 1.29 is 42.7 Å². The van der Waals surface area contributed by atoms with Gasteiger partial charge in [0.25, 0.3) is 23.7 Å². The molecule has 19 nitrogen and oxygen atoms in total. The highest BCUT2D eigenvalue weighted by atomic mass is 16.5. The number of unbranched alkanes of at least 4 members (excludes halogenated alkanes) is 2. The van der Waals surface area contributed by atoms with Crippen LogP contribution in [-0.4, -0.2) is 139 Å². The molecule has 4 saturated heterocycles. The van der Waals surface area contributed by atoms with Gasteiger partial charge in [-0.25, -0.2) is 0 Å². The zero-order valence-corrected chi connectivity index (χ0v) is 35.3. The molecule has 4 fully saturated rings. The van der Waals surface area contributed by atoms with Gasteiger partial charge in [0, 0.05) is 89.9 Å². The first-order chi connectivity index (χ1) is 30.5. The van der Waals surface area contributed by atoms with E-state index in [-0.39, 0.29) is 53.3 Å². The van der Waals surface area contributed by atoms with Crippen molar-refractivity contribution in [3.05, 3.63) is 65.0 Å². The molecule has 5 aliphatic rings. The van der Waals surface area contributed by atoms with Crippen molar-refractivity contribution in [2.45, 2.75) is 64.0 Å². The number of piperidine rings is 2. The van der Waals surface area contributed by atoms with Gasteiger partial charge in [0.15, 0.2) is 5.69 Å². The fraction of sp³-hybridized carbons (Fsp3) is 0.500. The van der Waals surface area contributed by atoms with Crippen LogP contribution < -0.4 is 31.5 Å². The highest BCUT2D eigenvalue weighted by Gasteiger charge is 2.45. The number of oxazole rings is 1. The Morgan fingerprint density at radius 2 is 1.62 bits per heavy atom. The van der Waals surface area contributed by atoms with E-state index in [1.165, 1.54) is 6.26 Å². The largest absolute Gasteiger partial charge is 0.431 e. The Hall–Kier alpha value is -6.34. The lowest BCUT2D eigenvalue weighted by Crippen LogP contribution is -2.54. The van der Waals surface area contributed by atoms with Gasteiger partial charge in [-0.3, -0.25) is 48.7 Å². The van der Waals surface area contributed by atoms with E-state index in [1.54, 1.807) is 18.2 Å². The number of ether oxygens (including phenoxy) is 1. The lowest BCUT2D eigenvalue weighted by molar-refractivity contribution is -0.136. The maximum absolute atomic E-state index is 13.4. The highest BCUT2D eigenvalue weighted by Crippen LogP contribution is 2.34. The smallest absolute Gasteiger partial charge is 0.298 e. The number of anilines is 4. The number of amides is 7. The van der Waals surface area contributed by atoms with Crippen LogP contribution in [0.15, 0.2) is 47.1 Å². The molecule has 0 spiro atoms. The van der Waals surface area contributed by atoms with Gasteiger partial charge in [-0.05, 0) is 61.9 Å². The van der Waals surface area contributed by atoms with Crippen LogP contribution in [0.25, 0.3) is 0 Å². The standard InChI is InChI=1S/C44H54N10O9/c45-39(57)29-12-15-51(16-13-29)35-25-28(8-9-31(35)47-40(58)33-27-63-44(48-33)53-21-23-62-24-22-53)26-50-17-19-52(20-18-50)37(56)7-2-1-3-14-46-32-6-4-5-30-38(32)43(61)54(42(30)60)34-10-11-36(55)49-41(34)59/h4-6,8-9,25,27,29,34,46H,1-3,7,10-24,26H2,(H2,45,57)(H,47,58)(H,49,55,59). The van der Waals surface area contributed by atoms with Crippen LogP contribution in [0.2, 0.25) is 0 Å². The van der Waals surface area contributed by atoms with E-state index < -0.39 is 29.7 Å². The van der Waals surface area contributed by atoms with Gasteiger partial charge < -0.3 is 40.2 Å². The molecule has 5 N–H and O–H groups in total. The number of morpholine rings is 1. The summed E-state index contributed by atoms with van der Waals surface area (Å²) in [5.74, 6) is -2.91. The third-order valence-electron chi connectivity index (χ3n) is 12.5. The van der Waals surface area contributed by atoms with Crippen LogP contribution in [0.1, 0.15) is 88.1 Å². The van der Waals surface area contributed by atoms with E-state index in [2.05, 4.69) is 36.8 Å². The van der Waals surface area contributed by atoms with Crippen molar-refractivity contribution in [3.8, 4) is 0 Å². The lowest BCUT2D eigenvalue weighted by Gasteiger charge is -2.36. The van der Waals surface area contributed by atoms with Crippen molar-refractivity contribution in [1.29, 1.82) is 0 Å². The minimum absolute atomic E-state index is 0.0570. The third kappa shape index (κ3) is 9.83. The number of nitrogens with two attached hydrogens (primary N) is 1. The molecular formula is C44H54N10O9. The van der Waals surface area contributed by atoms with Crippen molar-refractivity contribution in [3.63, 3.8) is 0 Å². The number of carbonyl (C=O) groups is 7. The van der Waals surface area contributed by atoms with E-state index in [0.29, 0.717) is 122 Å². The Balaban J connectivity index is 0.795. The van der Waals surface area contributed by atoms with Crippen molar-refractivity contribution >= 4 is 64.4 Å². The molecule has 19 heteroatoms. The Kier molecular flexibility index (Phi) is 13.3. The molecule has 334 valence electrons. The second kappa shape index (κ2) is 19.4. The number of imide groups is 2. The minimum atomic E-state index is -1.02. The maximum Gasteiger partial charge on any atom is 0.298 e. The maximum atomic E-state index is 13.4. The first-order valence-corrected chi connectivity index (χ1v) is 21.9. The number of hydrogen-bond donors (Lipinski definition) is 4. The quantitative estimate of drug-likeness (QED) is 0.127. The first-order valence-electron chi connectivity index (χ1n) is 21.9. The van der Waals surface area contributed by atoms with Gasteiger partial charge >= 0.3 is 0 Å². The van der Waals surface area contributed by atoms with Crippen LogP contribution in [0.4, 0.5) is 23.1 Å². The number of benzene rings is 2. The first kappa shape index (κ1) is 43.3. The fourth-order valence-electron chi connectivity index (χ4n) is 8.94. The molecule has 0 bridgehead atoms. The lowest BCUT2D eigenvalue weighted by atomic mass is 9.95. The Bertz CT molecular complexity index is 2240. The molecule has 0 saturated carbocycles. The molecule has 6 heterocycles. The Morgan fingerprint density at radius 1 is 0.841 bits per heavy atom. The van der Waals surface area contributed by atoms with Gasteiger partial charge in [0.1, 0.15) is 12.3 Å². The number of nitrogens with one attached hydrogen (secondary N) is 3. The van der Waals surface area contributed by atoms with Crippen molar-refractivity contribution in [1.82, 2.24) is 25.0 Å². The predicted molar refractivity (Wildman–Crippen MR) is 230 cm³/mol. The fourth-order valence-corrected chi connectivity index (χ4v) is 8.94. The normalized spacial score (nSPS) is 19.9. The SMILES string of the molecule is NC(=O)C1CCN(c2cc(CN3CCN(C(=O)CCCCCNc4cccc5c4C(=O)N(C4CCC(=O)NC4=O)C5=O)CC3)ccc2NC(=O)c2coc(N3CCOCC3)n2)CC1. The summed E-state index contributed by atoms with van der Waals surface area (Å²) in [5, 5.41) is 8.53. The number of primary amides is 1. The highest BCUT2D eigenvalue weighted by molar-refractivity contribution is 6.25. The van der Waals surface area contributed by atoms with E-state index >= 15 is 0 Å². The van der Waals surface area contributed by atoms with Crippen LogP contribution in [0.5, 0.6) is 0 Å². The average molecular weight is 867 g/mol. The second-order valence-corrected chi connectivity index (χ2v) is 16.7. The van der Waals surface area contributed by atoms with Crippen LogP contribution >= 0.6 is 0 Å². The number of fused-ring (bicyclic) bond motifs is 1. The topological polar surface area (TPSA) is 233 Å². The number of carbonyl (C=O) groups excluding carboxylic acids is 7. The monoisotopic (exact) mass is 866 g/mol. The van der Waals surface area contributed by atoms with Crippen LogP contribution in [0.3, 0.4) is 0 Å². The summed E-state index contributed by atoms with van der Waals surface area (Å²) in [4.78, 5) is 103. The van der Waals surface area contributed by atoms with Gasteiger partial charge in [0.05, 0.1) is 35.7 Å². The van der Waals surface area contributed by atoms with Gasteiger partial charge in [-0.15, -0.1) is 0 Å². The zero-order chi connectivity index (χ0) is 44.0. The minimum Gasteiger partial charge on any atom is -0.431 e. The molecule has 2 aromatic carbocycles. The summed E-state index contributed by atoms with van der Waals surface area (Å²) < 4.78 is 11.0. The molecule has 7 amide bonds. The predicted octanol–water partition coefficient (Wildman–Crippen LogP) is 2.18. The van der Waals surface area contributed by atoms with Gasteiger partial charge in [-0.1, -0.05) is 18.6 Å². The molecule has 3 aromatic rings. The number of aromatic nitrogens is 1. The summed E-state index contributed by atoms with van der Waals surface area (Å²) >= 11 is 0.